The second-order valence-corrected chi connectivity index (χ2v) is 4.94. The van der Waals surface area contributed by atoms with E-state index in [2.05, 4.69) is 42.1 Å². The van der Waals surface area contributed by atoms with Crippen LogP contribution in [-0.4, -0.2) is 23.1 Å². The molecule has 0 amide bonds. The van der Waals surface area contributed by atoms with Crippen LogP contribution in [0.15, 0.2) is 36.0 Å². The highest BCUT2D eigenvalue weighted by Crippen LogP contribution is 2.15. The lowest BCUT2D eigenvalue weighted by Gasteiger charge is -2.11. The molecule has 3 heteroatoms. The average Bonchev–Trinajstić information content (AvgIpc) is 2.43. The van der Waals surface area contributed by atoms with E-state index in [0.29, 0.717) is 5.92 Å². The van der Waals surface area contributed by atoms with Gasteiger partial charge in [-0.2, -0.15) is 0 Å². The first kappa shape index (κ1) is 13.7. The van der Waals surface area contributed by atoms with Crippen LogP contribution in [0.3, 0.4) is 0 Å². The highest BCUT2D eigenvalue weighted by atomic mass is 14.8. The Bertz CT molecular complexity index is 573. The van der Waals surface area contributed by atoms with Gasteiger partial charge in [-0.15, -0.1) is 0 Å². The van der Waals surface area contributed by atoms with Gasteiger partial charge in [-0.1, -0.05) is 38.5 Å². The van der Waals surface area contributed by atoms with Crippen molar-refractivity contribution in [2.75, 3.05) is 13.1 Å². The van der Waals surface area contributed by atoms with Crippen LogP contribution >= 0.6 is 0 Å². The maximum atomic E-state index is 4.64. The minimum absolute atomic E-state index is 0.507. The fourth-order valence-corrected chi connectivity index (χ4v) is 1.92. The first-order valence-corrected chi connectivity index (χ1v) is 6.83. The summed E-state index contributed by atoms with van der Waals surface area (Å²) in [4.78, 5) is 9.09. The SMILES string of the molecule is CCNCC(=Cc1cnc2ccccc2n1)C(C)C. The Hall–Kier alpha value is -1.74. The number of aromatic nitrogens is 2. The number of rotatable bonds is 5. The molecule has 1 aromatic carbocycles. The van der Waals surface area contributed by atoms with Crippen LogP contribution in [-0.2, 0) is 0 Å². The molecule has 0 saturated carbocycles. The van der Waals surface area contributed by atoms with E-state index in [1.165, 1.54) is 5.57 Å². The molecule has 0 radical (unpaired) electrons. The molecule has 0 unspecified atom stereocenters. The molecule has 1 heterocycles. The molecule has 0 aliphatic rings. The van der Waals surface area contributed by atoms with Crippen LogP contribution in [0.2, 0.25) is 0 Å². The minimum atomic E-state index is 0.507. The third-order valence-electron chi connectivity index (χ3n) is 3.12. The van der Waals surface area contributed by atoms with E-state index in [1.54, 1.807) is 0 Å². The minimum Gasteiger partial charge on any atom is -0.313 e. The van der Waals surface area contributed by atoms with Crippen molar-refractivity contribution in [3.8, 4) is 0 Å². The van der Waals surface area contributed by atoms with Crippen molar-refractivity contribution in [3.05, 3.63) is 41.7 Å². The van der Waals surface area contributed by atoms with E-state index in [1.807, 2.05) is 30.5 Å². The van der Waals surface area contributed by atoms with Gasteiger partial charge in [0.1, 0.15) is 0 Å². The van der Waals surface area contributed by atoms with Gasteiger partial charge in [0.25, 0.3) is 0 Å². The zero-order valence-electron chi connectivity index (χ0n) is 11.9. The first-order chi connectivity index (χ1) is 9.20. The number of fused-ring (bicyclic) bond motifs is 1. The molecule has 1 N–H and O–H groups in total. The molecule has 0 bridgehead atoms. The first-order valence-electron chi connectivity index (χ1n) is 6.83. The van der Waals surface area contributed by atoms with Crippen LogP contribution in [0.1, 0.15) is 26.5 Å². The van der Waals surface area contributed by atoms with Gasteiger partial charge < -0.3 is 5.32 Å². The third-order valence-corrected chi connectivity index (χ3v) is 3.12. The maximum Gasteiger partial charge on any atom is 0.0894 e. The zero-order valence-corrected chi connectivity index (χ0v) is 11.9. The second-order valence-electron chi connectivity index (χ2n) is 4.94. The summed E-state index contributed by atoms with van der Waals surface area (Å²) in [5.41, 5.74) is 4.17. The normalized spacial score (nSPS) is 12.3. The third kappa shape index (κ3) is 3.61. The number of para-hydroxylation sites is 2. The predicted octanol–water partition coefficient (Wildman–Crippen LogP) is 3.28. The highest BCUT2D eigenvalue weighted by molar-refractivity contribution is 5.74. The van der Waals surface area contributed by atoms with Gasteiger partial charge in [0.05, 0.1) is 22.9 Å². The fourth-order valence-electron chi connectivity index (χ4n) is 1.92. The van der Waals surface area contributed by atoms with E-state index in [9.17, 15) is 0 Å². The van der Waals surface area contributed by atoms with Crippen molar-refractivity contribution in [1.82, 2.24) is 15.3 Å². The van der Waals surface area contributed by atoms with Crippen LogP contribution < -0.4 is 5.32 Å². The molecule has 0 saturated heterocycles. The molecule has 0 aliphatic carbocycles. The van der Waals surface area contributed by atoms with E-state index in [4.69, 9.17) is 0 Å². The van der Waals surface area contributed by atoms with E-state index >= 15 is 0 Å². The van der Waals surface area contributed by atoms with Crippen molar-refractivity contribution in [2.24, 2.45) is 5.92 Å². The molecule has 100 valence electrons. The molecule has 0 atom stereocenters. The fraction of sp³-hybridized carbons (Fsp3) is 0.375. The topological polar surface area (TPSA) is 37.8 Å². The number of nitrogens with zero attached hydrogens (tertiary/aromatic N) is 2. The average molecular weight is 255 g/mol. The Kier molecular flexibility index (Phi) is 4.63. The van der Waals surface area contributed by atoms with Crippen molar-refractivity contribution in [2.45, 2.75) is 20.8 Å². The predicted molar refractivity (Wildman–Crippen MR) is 80.9 cm³/mol. The standard InChI is InChI=1S/C16H21N3/c1-4-17-10-13(12(2)3)9-14-11-18-15-7-5-6-8-16(15)19-14/h5-9,11-12,17H,4,10H2,1-3H3. The number of likely N-dealkylation sites (N-methyl/N-ethyl adjacent to an activating group) is 1. The van der Waals surface area contributed by atoms with Crippen LogP contribution in [0.4, 0.5) is 0 Å². The number of hydrogen-bond donors (Lipinski definition) is 1. The molecule has 1 aromatic heterocycles. The van der Waals surface area contributed by atoms with Gasteiger partial charge >= 0.3 is 0 Å². The molecular formula is C16H21N3. The van der Waals surface area contributed by atoms with Gasteiger partial charge in [0, 0.05) is 6.54 Å². The van der Waals surface area contributed by atoms with Gasteiger partial charge in [0.2, 0.25) is 0 Å². The van der Waals surface area contributed by atoms with Gasteiger partial charge in [-0.3, -0.25) is 4.98 Å². The molecule has 2 aromatic rings. The molecule has 0 fully saturated rings. The van der Waals surface area contributed by atoms with Crippen molar-refractivity contribution in [1.29, 1.82) is 0 Å². The Morgan fingerprint density at radius 3 is 2.68 bits per heavy atom. The Labute approximate surface area is 114 Å². The summed E-state index contributed by atoms with van der Waals surface area (Å²) in [6, 6.07) is 7.96. The number of nitrogens with one attached hydrogen (secondary N) is 1. The molecular weight excluding hydrogens is 234 g/mol. The van der Waals surface area contributed by atoms with Crippen LogP contribution in [0, 0.1) is 5.92 Å². The van der Waals surface area contributed by atoms with Crippen LogP contribution in [0.5, 0.6) is 0 Å². The van der Waals surface area contributed by atoms with Crippen molar-refractivity contribution >= 4 is 17.1 Å². The lowest BCUT2D eigenvalue weighted by molar-refractivity contribution is 0.682. The van der Waals surface area contributed by atoms with Gasteiger partial charge in [0.15, 0.2) is 0 Å². The molecule has 19 heavy (non-hydrogen) atoms. The Morgan fingerprint density at radius 1 is 1.26 bits per heavy atom. The smallest absolute Gasteiger partial charge is 0.0894 e. The largest absolute Gasteiger partial charge is 0.313 e. The zero-order chi connectivity index (χ0) is 13.7. The molecule has 0 spiro atoms. The lowest BCUT2D eigenvalue weighted by Crippen LogP contribution is -2.18. The van der Waals surface area contributed by atoms with Crippen LogP contribution in [0.25, 0.3) is 17.1 Å². The monoisotopic (exact) mass is 255 g/mol. The summed E-state index contributed by atoms with van der Waals surface area (Å²) in [5.74, 6) is 0.507. The molecule has 3 nitrogen and oxygen atoms in total. The number of hydrogen-bond acceptors (Lipinski definition) is 3. The second kappa shape index (κ2) is 6.43. The summed E-state index contributed by atoms with van der Waals surface area (Å²) in [5, 5.41) is 3.37. The molecule has 0 aliphatic heterocycles. The summed E-state index contributed by atoms with van der Waals surface area (Å²) >= 11 is 0. The summed E-state index contributed by atoms with van der Waals surface area (Å²) in [7, 11) is 0. The van der Waals surface area contributed by atoms with Crippen molar-refractivity contribution in [3.63, 3.8) is 0 Å². The van der Waals surface area contributed by atoms with Crippen molar-refractivity contribution < 1.29 is 0 Å². The van der Waals surface area contributed by atoms with E-state index in [0.717, 1.165) is 29.8 Å². The number of benzene rings is 1. The Morgan fingerprint density at radius 2 is 2.00 bits per heavy atom. The maximum absolute atomic E-state index is 4.64. The summed E-state index contributed by atoms with van der Waals surface area (Å²) in [6.45, 7) is 8.42. The quantitative estimate of drug-likeness (QED) is 0.891. The highest BCUT2D eigenvalue weighted by Gasteiger charge is 2.04. The summed E-state index contributed by atoms with van der Waals surface area (Å²) in [6.07, 6.45) is 3.99. The van der Waals surface area contributed by atoms with E-state index in [-0.39, 0.29) is 0 Å². The summed E-state index contributed by atoms with van der Waals surface area (Å²) < 4.78 is 0. The van der Waals surface area contributed by atoms with Gasteiger partial charge in [-0.05, 0) is 30.7 Å². The molecule has 2 rings (SSSR count). The van der Waals surface area contributed by atoms with E-state index < -0.39 is 0 Å². The lowest BCUT2D eigenvalue weighted by atomic mass is 10.0. The Balaban J connectivity index is 2.31. The van der Waals surface area contributed by atoms with Gasteiger partial charge in [-0.25, -0.2) is 4.98 Å².